The minimum atomic E-state index is 0.634. The summed E-state index contributed by atoms with van der Waals surface area (Å²) in [5.74, 6) is 2.80. The Balaban J connectivity index is 1.44. The Labute approximate surface area is 173 Å². The Bertz CT molecular complexity index is 795. The summed E-state index contributed by atoms with van der Waals surface area (Å²) in [6, 6.07) is 16.5. The van der Waals surface area contributed by atoms with Crippen molar-refractivity contribution < 1.29 is 9.47 Å². The molecule has 2 N–H and O–H groups in total. The van der Waals surface area contributed by atoms with Crippen LogP contribution in [0.4, 0.5) is 5.69 Å². The fourth-order valence-electron chi connectivity index (χ4n) is 3.69. The van der Waals surface area contributed by atoms with Gasteiger partial charge < -0.3 is 25.0 Å². The van der Waals surface area contributed by atoms with Crippen LogP contribution < -0.4 is 20.1 Å². The molecular formula is C23H32N4O2. The molecule has 1 aliphatic rings. The van der Waals surface area contributed by atoms with E-state index >= 15 is 0 Å². The van der Waals surface area contributed by atoms with Crippen LogP contribution in [0.5, 0.6) is 11.5 Å². The van der Waals surface area contributed by atoms with Gasteiger partial charge in [-0.2, -0.15) is 0 Å². The Morgan fingerprint density at radius 1 is 1.10 bits per heavy atom. The number of hydrogen-bond acceptors (Lipinski definition) is 4. The molecule has 29 heavy (non-hydrogen) atoms. The van der Waals surface area contributed by atoms with Crippen LogP contribution >= 0.6 is 0 Å². The lowest BCUT2D eigenvalue weighted by Gasteiger charge is -2.18. The van der Waals surface area contributed by atoms with Crippen LogP contribution in [0.1, 0.15) is 12.0 Å². The van der Waals surface area contributed by atoms with E-state index in [1.807, 2.05) is 18.2 Å². The molecule has 2 aromatic rings. The molecule has 1 saturated heterocycles. The number of likely N-dealkylation sites (tertiary alicyclic amines) is 1. The number of aliphatic imine (C=N–C) groups is 1. The lowest BCUT2D eigenvalue weighted by atomic mass is 10.1. The molecule has 2 aromatic carbocycles. The number of methoxy groups -OCH3 is 2. The van der Waals surface area contributed by atoms with Crippen LogP contribution in [-0.4, -0.2) is 58.3 Å². The van der Waals surface area contributed by atoms with E-state index in [0.29, 0.717) is 17.4 Å². The number of ether oxygens (including phenoxy) is 2. The van der Waals surface area contributed by atoms with Crippen molar-refractivity contribution >= 4 is 11.6 Å². The molecule has 0 saturated carbocycles. The number of benzene rings is 2. The van der Waals surface area contributed by atoms with Gasteiger partial charge in [0, 0.05) is 38.4 Å². The fourth-order valence-corrected chi connectivity index (χ4v) is 3.69. The van der Waals surface area contributed by atoms with Crippen molar-refractivity contribution in [3.8, 4) is 11.5 Å². The molecule has 0 aromatic heterocycles. The lowest BCUT2D eigenvalue weighted by molar-refractivity contribution is 0.328. The highest BCUT2D eigenvalue weighted by Crippen LogP contribution is 2.29. The van der Waals surface area contributed by atoms with Crippen molar-refractivity contribution in [2.75, 3.05) is 52.8 Å². The predicted molar refractivity (Wildman–Crippen MR) is 119 cm³/mol. The molecule has 1 fully saturated rings. The minimum absolute atomic E-state index is 0.634. The standard InChI is InChI=1S/C23H32N4O2/c1-24-23(26-20-9-10-21(28-2)22(15-20)29-3)25-16-19-12-14-27(17-19)13-11-18-7-5-4-6-8-18/h4-10,15,19H,11-14,16-17H2,1-3H3,(H2,24,25,26). The lowest BCUT2D eigenvalue weighted by Crippen LogP contribution is -2.35. The van der Waals surface area contributed by atoms with Crippen molar-refractivity contribution in [1.82, 2.24) is 10.2 Å². The summed E-state index contributed by atoms with van der Waals surface area (Å²) in [6.07, 6.45) is 2.33. The molecule has 0 bridgehead atoms. The van der Waals surface area contributed by atoms with Crippen LogP contribution in [0.3, 0.4) is 0 Å². The van der Waals surface area contributed by atoms with Crippen LogP contribution in [-0.2, 0) is 6.42 Å². The summed E-state index contributed by atoms with van der Waals surface area (Å²) in [4.78, 5) is 6.91. The summed E-state index contributed by atoms with van der Waals surface area (Å²) in [6.45, 7) is 4.34. The monoisotopic (exact) mass is 396 g/mol. The van der Waals surface area contributed by atoms with Crippen LogP contribution in [0, 0.1) is 5.92 Å². The van der Waals surface area contributed by atoms with Crippen LogP contribution in [0.25, 0.3) is 0 Å². The first-order chi connectivity index (χ1) is 14.2. The van der Waals surface area contributed by atoms with Gasteiger partial charge in [0.25, 0.3) is 0 Å². The van der Waals surface area contributed by atoms with Gasteiger partial charge in [0.15, 0.2) is 17.5 Å². The molecule has 3 rings (SSSR count). The smallest absolute Gasteiger partial charge is 0.195 e. The normalized spacial score (nSPS) is 17.2. The Hall–Kier alpha value is -2.73. The van der Waals surface area contributed by atoms with Gasteiger partial charge in [-0.05, 0) is 43.0 Å². The van der Waals surface area contributed by atoms with Crippen LogP contribution in [0.2, 0.25) is 0 Å². The zero-order valence-corrected chi connectivity index (χ0v) is 17.6. The van der Waals surface area contributed by atoms with Gasteiger partial charge in [0.2, 0.25) is 0 Å². The largest absolute Gasteiger partial charge is 0.493 e. The summed E-state index contributed by atoms with van der Waals surface area (Å²) in [5.41, 5.74) is 2.32. The Morgan fingerprint density at radius 2 is 1.90 bits per heavy atom. The first-order valence-corrected chi connectivity index (χ1v) is 10.2. The quantitative estimate of drug-likeness (QED) is 0.530. The SMILES string of the molecule is CN=C(NCC1CCN(CCc2ccccc2)C1)Nc1ccc(OC)c(OC)c1. The van der Waals surface area contributed by atoms with E-state index in [1.54, 1.807) is 21.3 Å². The average Bonchev–Trinajstić information content (AvgIpc) is 3.23. The van der Waals surface area contributed by atoms with E-state index in [9.17, 15) is 0 Å². The summed E-state index contributed by atoms with van der Waals surface area (Å²) >= 11 is 0. The molecule has 0 amide bonds. The van der Waals surface area contributed by atoms with Gasteiger partial charge in [0.05, 0.1) is 14.2 Å². The third kappa shape index (κ3) is 6.12. The predicted octanol–water partition coefficient (Wildman–Crippen LogP) is 3.26. The van der Waals surface area contributed by atoms with Crippen molar-refractivity contribution in [2.24, 2.45) is 10.9 Å². The van der Waals surface area contributed by atoms with E-state index in [1.165, 1.54) is 18.5 Å². The highest BCUT2D eigenvalue weighted by atomic mass is 16.5. The number of anilines is 1. The van der Waals surface area contributed by atoms with Gasteiger partial charge in [0.1, 0.15) is 0 Å². The van der Waals surface area contributed by atoms with Crippen molar-refractivity contribution in [1.29, 1.82) is 0 Å². The second kappa shape index (κ2) is 10.7. The molecule has 1 unspecified atom stereocenters. The average molecular weight is 397 g/mol. The van der Waals surface area contributed by atoms with Gasteiger partial charge in [-0.15, -0.1) is 0 Å². The number of hydrogen-bond donors (Lipinski definition) is 2. The molecule has 1 atom stereocenters. The maximum absolute atomic E-state index is 5.37. The number of nitrogens with one attached hydrogen (secondary N) is 2. The second-order valence-corrected chi connectivity index (χ2v) is 7.34. The van der Waals surface area contributed by atoms with Crippen LogP contribution in [0.15, 0.2) is 53.5 Å². The van der Waals surface area contributed by atoms with E-state index in [0.717, 1.165) is 37.7 Å². The first-order valence-electron chi connectivity index (χ1n) is 10.2. The minimum Gasteiger partial charge on any atom is -0.493 e. The van der Waals surface area contributed by atoms with Gasteiger partial charge in [-0.25, -0.2) is 0 Å². The summed E-state index contributed by atoms with van der Waals surface area (Å²) < 4.78 is 10.7. The van der Waals surface area contributed by atoms with Gasteiger partial charge >= 0.3 is 0 Å². The molecule has 6 heteroatoms. The Morgan fingerprint density at radius 3 is 2.62 bits per heavy atom. The fraction of sp³-hybridized carbons (Fsp3) is 0.435. The highest BCUT2D eigenvalue weighted by Gasteiger charge is 2.22. The Kier molecular flexibility index (Phi) is 7.76. The molecule has 1 aliphatic heterocycles. The molecule has 0 aliphatic carbocycles. The molecule has 6 nitrogen and oxygen atoms in total. The molecule has 0 spiro atoms. The van der Waals surface area contributed by atoms with Crippen molar-refractivity contribution in [2.45, 2.75) is 12.8 Å². The maximum Gasteiger partial charge on any atom is 0.195 e. The zero-order chi connectivity index (χ0) is 20.5. The molecule has 1 heterocycles. The zero-order valence-electron chi connectivity index (χ0n) is 17.6. The topological polar surface area (TPSA) is 58.1 Å². The van der Waals surface area contributed by atoms with Gasteiger partial charge in [-0.1, -0.05) is 30.3 Å². The third-order valence-electron chi connectivity index (χ3n) is 5.36. The highest BCUT2D eigenvalue weighted by molar-refractivity contribution is 5.93. The summed E-state index contributed by atoms with van der Waals surface area (Å²) in [5, 5.41) is 6.79. The number of nitrogens with zero attached hydrogens (tertiary/aromatic N) is 2. The van der Waals surface area contributed by atoms with E-state index in [4.69, 9.17) is 9.47 Å². The van der Waals surface area contributed by atoms with E-state index in [2.05, 4.69) is 50.9 Å². The second-order valence-electron chi connectivity index (χ2n) is 7.34. The van der Waals surface area contributed by atoms with Crippen molar-refractivity contribution in [3.05, 3.63) is 54.1 Å². The third-order valence-corrected chi connectivity index (χ3v) is 5.36. The maximum atomic E-state index is 5.37. The van der Waals surface area contributed by atoms with E-state index in [-0.39, 0.29) is 0 Å². The molecule has 0 radical (unpaired) electrons. The number of guanidine groups is 1. The first kappa shape index (κ1) is 21.0. The van der Waals surface area contributed by atoms with E-state index < -0.39 is 0 Å². The van der Waals surface area contributed by atoms with Gasteiger partial charge in [-0.3, -0.25) is 4.99 Å². The molecule has 156 valence electrons. The number of rotatable bonds is 8. The molecular weight excluding hydrogens is 364 g/mol. The van der Waals surface area contributed by atoms with Crippen molar-refractivity contribution in [3.63, 3.8) is 0 Å². The summed E-state index contributed by atoms with van der Waals surface area (Å²) in [7, 11) is 5.06.